The third-order valence-corrected chi connectivity index (χ3v) is 6.64. The van der Waals surface area contributed by atoms with E-state index in [0.717, 1.165) is 27.8 Å². The van der Waals surface area contributed by atoms with E-state index >= 15 is 0 Å². The van der Waals surface area contributed by atoms with Crippen molar-refractivity contribution in [1.29, 1.82) is 0 Å². The van der Waals surface area contributed by atoms with Gasteiger partial charge in [0.25, 0.3) is 0 Å². The van der Waals surface area contributed by atoms with Crippen molar-refractivity contribution in [3.05, 3.63) is 50.7 Å². The number of hydrogen-bond donors (Lipinski definition) is 2. The predicted molar refractivity (Wildman–Crippen MR) is 94.5 cm³/mol. The van der Waals surface area contributed by atoms with E-state index in [9.17, 15) is 13.5 Å². The minimum Gasteiger partial charge on any atom is -0.388 e. The fourth-order valence-electron chi connectivity index (χ4n) is 2.62. The lowest BCUT2D eigenvalue weighted by Gasteiger charge is -2.17. The molecular weight excluding hydrogens is 330 g/mol. The van der Waals surface area contributed by atoms with Gasteiger partial charge in [-0.25, -0.2) is 13.1 Å². The molecule has 2 rings (SSSR count). The number of thiophene rings is 1. The van der Waals surface area contributed by atoms with Crippen LogP contribution >= 0.6 is 11.3 Å². The van der Waals surface area contributed by atoms with Gasteiger partial charge in [-0.05, 0) is 78.8 Å². The van der Waals surface area contributed by atoms with Crippen LogP contribution in [0.2, 0.25) is 0 Å². The van der Waals surface area contributed by atoms with E-state index < -0.39 is 16.1 Å². The van der Waals surface area contributed by atoms with Crippen LogP contribution in [-0.2, 0) is 10.0 Å². The minimum absolute atomic E-state index is 0.200. The Balaban J connectivity index is 2.14. The summed E-state index contributed by atoms with van der Waals surface area (Å²) in [5, 5.41) is 13.8. The third kappa shape index (κ3) is 4.01. The Kier molecular flexibility index (Phi) is 5.62. The fraction of sp³-hybridized carbons (Fsp3) is 0.412. The minimum atomic E-state index is -3.59. The topological polar surface area (TPSA) is 66.4 Å². The van der Waals surface area contributed by atoms with Gasteiger partial charge in [-0.2, -0.15) is 11.3 Å². The summed E-state index contributed by atoms with van der Waals surface area (Å²) < 4.78 is 27.9. The molecular formula is C17H23NO3S2. The summed E-state index contributed by atoms with van der Waals surface area (Å²) in [5.41, 5.74) is 4.31. The molecule has 1 unspecified atom stereocenters. The van der Waals surface area contributed by atoms with E-state index in [0.29, 0.717) is 11.3 Å². The number of hydrogen-bond acceptors (Lipinski definition) is 4. The third-order valence-electron chi connectivity index (χ3n) is 4.20. The van der Waals surface area contributed by atoms with Gasteiger partial charge in [0.1, 0.15) is 0 Å². The van der Waals surface area contributed by atoms with E-state index in [-0.39, 0.29) is 6.54 Å². The van der Waals surface area contributed by atoms with Gasteiger partial charge in [-0.15, -0.1) is 0 Å². The molecule has 0 spiro atoms. The van der Waals surface area contributed by atoms with Crippen LogP contribution < -0.4 is 4.72 Å². The Labute approximate surface area is 142 Å². The average Bonchev–Trinajstić information content (AvgIpc) is 2.99. The number of aliphatic hydroxyl groups excluding tert-OH is 1. The Morgan fingerprint density at radius 1 is 1.17 bits per heavy atom. The Morgan fingerprint density at radius 3 is 2.30 bits per heavy atom. The molecule has 0 amide bonds. The van der Waals surface area contributed by atoms with Crippen molar-refractivity contribution in [2.45, 2.75) is 45.1 Å². The van der Waals surface area contributed by atoms with Gasteiger partial charge in [-0.3, -0.25) is 0 Å². The van der Waals surface area contributed by atoms with Crippen molar-refractivity contribution >= 4 is 21.4 Å². The maximum atomic E-state index is 12.7. The van der Waals surface area contributed by atoms with Crippen LogP contribution in [0, 0.1) is 27.7 Å². The van der Waals surface area contributed by atoms with Crippen LogP contribution in [0.3, 0.4) is 0 Å². The van der Waals surface area contributed by atoms with Crippen LogP contribution in [-0.4, -0.2) is 20.1 Å². The monoisotopic (exact) mass is 353 g/mol. The van der Waals surface area contributed by atoms with Crippen LogP contribution in [0.4, 0.5) is 0 Å². The standard InChI is InChI=1S/C17H23NO3S2/c1-11-9-12(2)14(4)17(13(11)3)23(20,21)18-7-5-16(19)15-6-8-22-10-15/h6,8-10,16,18-19H,5,7H2,1-4H3. The molecule has 4 nitrogen and oxygen atoms in total. The first kappa shape index (κ1) is 18.1. The molecule has 0 saturated carbocycles. The van der Waals surface area contributed by atoms with E-state index in [4.69, 9.17) is 0 Å². The van der Waals surface area contributed by atoms with Crippen molar-refractivity contribution in [1.82, 2.24) is 4.72 Å². The number of benzene rings is 1. The van der Waals surface area contributed by atoms with E-state index in [1.807, 2.05) is 50.6 Å². The summed E-state index contributed by atoms with van der Waals surface area (Å²) >= 11 is 1.51. The molecule has 1 heterocycles. The van der Waals surface area contributed by atoms with Crippen molar-refractivity contribution in [3.63, 3.8) is 0 Å². The molecule has 0 aliphatic heterocycles. The molecule has 0 saturated heterocycles. The second kappa shape index (κ2) is 7.13. The first-order valence-corrected chi connectivity index (χ1v) is 9.94. The van der Waals surface area contributed by atoms with Crippen molar-refractivity contribution in [3.8, 4) is 0 Å². The molecule has 1 aromatic carbocycles. The van der Waals surface area contributed by atoms with Gasteiger partial charge in [-0.1, -0.05) is 6.07 Å². The lowest BCUT2D eigenvalue weighted by molar-refractivity contribution is 0.169. The summed E-state index contributed by atoms with van der Waals surface area (Å²) in [7, 11) is -3.59. The molecule has 0 aliphatic rings. The second-order valence-electron chi connectivity index (χ2n) is 5.85. The van der Waals surface area contributed by atoms with Crippen molar-refractivity contribution < 1.29 is 13.5 Å². The first-order chi connectivity index (χ1) is 10.7. The predicted octanol–water partition coefficient (Wildman–Crippen LogP) is 3.38. The Morgan fingerprint density at radius 2 is 1.78 bits per heavy atom. The second-order valence-corrected chi connectivity index (χ2v) is 8.33. The van der Waals surface area contributed by atoms with E-state index in [1.54, 1.807) is 0 Å². The number of nitrogens with one attached hydrogen (secondary N) is 1. The molecule has 126 valence electrons. The molecule has 0 fully saturated rings. The number of rotatable bonds is 6. The maximum Gasteiger partial charge on any atom is 0.241 e. The van der Waals surface area contributed by atoms with Gasteiger partial charge in [0.2, 0.25) is 10.0 Å². The first-order valence-electron chi connectivity index (χ1n) is 7.51. The Bertz CT molecular complexity index is 754. The maximum absolute atomic E-state index is 12.7. The molecule has 1 atom stereocenters. The SMILES string of the molecule is Cc1cc(C)c(C)c(S(=O)(=O)NCCC(O)c2ccsc2)c1C. The van der Waals surface area contributed by atoms with Gasteiger partial charge in [0.05, 0.1) is 11.0 Å². The zero-order valence-electron chi connectivity index (χ0n) is 13.9. The quantitative estimate of drug-likeness (QED) is 0.836. The van der Waals surface area contributed by atoms with Crippen LogP contribution in [0.1, 0.15) is 40.3 Å². The highest BCUT2D eigenvalue weighted by atomic mass is 32.2. The van der Waals surface area contributed by atoms with Gasteiger partial charge >= 0.3 is 0 Å². The van der Waals surface area contributed by atoms with E-state index in [1.165, 1.54) is 11.3 Å². The summed E-state index contributed by atoms with van der Waals surface area (Å²) in [5.74, 6) is 0. The highest BCUT2D eigenvalue weighted by Gasteiger charge is 2.22. The molecule has 0 aliphatic carbocycles. The average molecular weight is 354 g/mol. The molecule has 6 heteroatoms. The zero-order chi connectivity index (χ0) is 17.2. The zero-order valence-corrected chi connectivity index (χ0v) is 15.5. The van der Waals surface area contributed by atoms with Crippen LogP contribution in [0.5, 0.6) is 0 Å². The summed E-state index contributed by atoms with van der Waals surface area (Å²) in [6.07, 6.45) is -0.302. The van der Waals surface area contributed by atoms with Crippen molar-refractivity contribution in [2.24, 2.45) is 0 Å². The van der Waals surface area contributed by atoms with Crippen molar-refractivity contribution in [2.75, 3.05) is 6.54 Å². The van der Waals surface area contributed by atoms with Crippen LogP contribution in [0.25, 0.3) is 0 Å². The largest absolute Gasteiger partial charge is 0.388 e. The summed E-state index contributed by atoms with van der Waals surface area (Å²) in [4.78, 5) is 0.361. The summed E-state index contributed by atoms with van der Waals surface area (Å²) in [6, 6.07) is 3.85. The highest BCUT2D eigenvalue weighted by molar-refractivity contribution is 7.89. The number of aliphatic hydroxyl groups is 1. The fourth-order valence-corrected chi connectivity index (χ4v) is 4.98. The van der Waals surface area contributed by atoms with Gasteiger partial charge in [0.15, 0.2) is 0 Å². The molecule has 0 bridgehead atoms. The summed E-state index contributed by atoms with van der Waals surface area (Å²) in [6.45, 7) is 7.69. The lowest BCUT2D eigenvalue weighted by atomic mass is 10.0. The smallest absolute Gasteiger partial charge is 0.241 e. The molecule has 1 aromatic heterocycles. The molecule has 2 N–H and O–H groups in total. The lowest BCUT2D eigenvalue weighted by Crippen LogP contribution is -2.27. The number of aryl methyl sites for hydroxylation is 2. The molecule has 2 aromatic rings. The van der Waals surface area contributed by atoms with Gasteiger partial charge in [0, 0.05) is 6.54 Å². The van der Waals surface area contributed by atoms with E-state index in [2.05, 4.69) is 4.72 Å². The molecule has 0 radical (unpaired) electrons. The van der Waals surface area contributed by atoms with Crippen LogP contribution in [0.15, 0.2) is 27.8 Å². The molecule has 23 heavy (non-hydrogen) atoms. The number of sulfonamides is 1. The highest BCUT2D eigenvalue weighted by Crippen LogP contribution is 2.26. The normalized spacial score (nSPS) is 13.3. The Hall–Kier alpha value is -1.21. The van der Waals surface area contributed by atoms with Gasteiger partial charge < -0.3 is 5.11 Å².